The highest BCUT2D eigenvalue weighted by atomic mass is 19.1. The Labute approximate surface area is 185 Å². The number of nitrogens with two attached hydrogens (primary N) is 1. The monoisotopic (exact) mass is 435 g/mol. The summed E-state index contributed by atoms with van der Waals surface area (Å²) in [6.07, 6.45) is 4.62. The third-order valence-electron chi connectivity index (χ3n) is 5.51. The van der Waals surface area contributed by atoms with Gasteiger partial charge in [-0.2, -0.15) is 5.10 Å². The zero-order chi connectivity index (χ0) is 22.8. The summed E-state index contributed by atoms with van der Waals surface area (Å²) in [5.41, 5.74) is 12.5. The van der Waals surface area contributed by atoms with E-state index in [9.17, 15) is 4.39 Å². The number of fused-ring (bicyclic) bond motifs is 3. The summed E-state index contributed by atoms with van der Waals surface area (Å²) < 4.78 is 20.2. The van der Waals surface area contributed by atoms with Crippen molar-refractivity contribution >= 4 is 29.2 Å². The quantitative estimate of drug-likeness (QED) is 0.371. The maximum Gasteiger partial charge on any atom is 0.166 e. The second kappa shape index (κ2) is 8.78. The maximum absolute atomic E-state index is 14.1. The lowest BCUT2D eigenvalue weighted by Crippen LogP contribution is -2.24. The van der Waals surface area contributed by atoms with E-state index in [1.807, 2.05) is 0 Å². The molecule has 9 heteroatoms. The summed E-state index contributed by atoms with van der Waals surface area (Å²) in [6.45, 7) is 1.78. The Morgan fingerprint density at radius 2 is 2.09 bits per heavy atom. The Hall–Kier alpha value is -3.75. The van der Waals surface area contributed by atoms with Crippen LogP contribution in [0.4, 0.5) is 10.2 Å². The first-order valence-corrected chi connectivity index (χ1v) is 10.5. The minimum Gasteiger partial charge on any atom is -0.482 e. The lowest BCUT2D eigenvalue weighted by atomic mass is 9.92. The van der Waals surface area contributed by atoms with Gasteiger partial charge in [0.25, 0.3) is 0 Å². The fourth-order valence-electron chi connectivity index (χ4n) is 3.70. The molecule has 166 valence electrons. The number of ether oxygens (including phenoxy) is 1. The standard InChI is InChI=1S/C23H26FN7O/c1-12-18-9-15(24)3-6-17(18)21(26)19(31-28-2)7-13(10-25)22(30-16-4-5-16)14-8-20(32-12)23(27)29-11-14/h3,6,8-12,16,25-26,28,30H,4-5,7H2,1-2H3,(H2,27,29)/b22-13-,25-10?,26-21?,31-19-/t12-/m1/s1. The van der Waals surface area contributed by atoms with Gasteiger partial charge in [-0.1, -0.05) is 0 Å². The van der Waals surface area contributed by atoms with Crippen molar-refractivity contribution in [2.75, 3.05) is 12.8 Å². The number of anilines is 1. The summed E-state index contributed by atoms with van der Waals surface area (Å²) in [5.74, 6) is 0.146. The number of hydrazone groups is 1. The minimum absolute atomic E-state index is 0.130. The first kappa shape index (κ1) is 21.5. The topological polar surface area (TPSA) is 132 Å². The fraction of sp³-hybridized carbons (Fsp3) is 0.304. The third kappa shape index (κ3) is 4.32. The minimum atomic E-state index is -0.596. The largest absolute Gasteiger partial charge is 0.482 e. The summed E-state index contributed by atoms with van der Waals surface area (Å²) in [7, 11) is 1.65. The van der Waals surface area contributed by atoms with Crippen LogP contribution in [0.3, 0.4) is 0 Å². The first-order chi connectivity index (χ1) is 15.4. The van der Waals surface area contributed by atoms with E-state index in [2.05, 4.69) is 20.8 Å². The maximum atomic E-state index is 14.1. The zero-order valence-electron chi connectivity index (χ0n) is 18.0. The van der Waals surface area contributed by atoms with E-state index in [1.165, 1.54) is 18.3 Å². The Morgan fingerprint density at radius 3 is 2.78 bits per heavy atom. The van der Waals surface area contributed by atoms with E-state index in [4.69, 9.17) is 21.3 Å². The molecule has 2 aromatic rings. The van der Waals surface area contributed by atoms with Gasteiger partial charge >= 0.3 is 0 Å². The molecule has 1 aromatic carbocycles. The van der Waals surface area contributed by atoms with Gasteiger partial charge in [-0.15, -0.1) is 0 Å². The number of nitrogen functional groups attached to an aromatic ring is 1. The van der Waals surface area contributed by atoms with Crippen LogP contribution in [0, 0.1) is 16.6 Å². The Bertz CT molecular complexity index is 1140. The van der Waals surface area contributed by atoms with E-state index in [1.54, 1.807) is 32.3 Å². The van der Waals surface area contributed by atoms with Crippen molar-refractivity contribution in [1.82, 2.24) is 15.7 Å². The molecule has 2 aliphatic rings. The lowest BCUT2D eigenvalue weighted by Gasteiger charge is -2.23. The average molecular weight is 436 g/mol. The number of allylic oxidation sites excluding steroid dienone is 1. The van der Waals surface area contributed by atoms with Gasteiger partial charge in [-0.25, -0.2) is 9.37 Å². The Morgan fingerprint density at radius 1 is 1.31 bits per heavy atom. The van der Waals surface area contributed by atoms with Gasteiger partial charge < -0.3 is 26.6 Å². The van der Waals surface area contributed by atoms with E-state index in [0.29, 0.717) is 34.2 Å². The van der Waals surface area contributed by atoms with Crippen molar-refractivity contribution in [2.24, 2.45) is 5.10 Å². The molecule has 0 spiro atoms. The number of nitrogens with one attached hydrogen (secondary N) is 4. The predicted octanol–water partition coefficient (Wildman–Crippen LogP) is 3.40. The predicted molar refractivity (Wildman–Crippen MR) is 124 cm³/mol. The zero-order valence-corrected chi connectivity index (χ0v) is 18.0. The van der Waals surface area contributed by atoms with Crippen LogP contribution >= 0.6 is 0 Å². The SMILES string of the molecule is CN/N=C1/C/C(C=N)=C(/NC2CC2)c2cnc(N)c(c2)O[C@H](C)c2cc(F)ccc2C1=N. The smallest absolute Gasteiger partial charge is 0.166 e. The second-order valence-corrected chi connectivity index (χ2v) is 7.90. The molecule has 1 atom stereocenters. The third-order valence-corrected chi connectivity index (χ3v) is 5.51. The van der Waals surface area contributed by atoms with Crippen LogP contribution < -0.4 is 21.2 Å². The summed E-state index contributed by atoms with van der Waals surface area (Å²) in [5, 5.41) is 24.8. The molecule has 0 saturated heterocycles. The van der Waals surface area contributed by atoms with Gasteiger partial charge in [0.1, 0.15) is 11.9 Å². The first-order valence-electron chi connectivity index (χ1n) is 10.5. The number of benzene rings is 1. The molecule has 1 aliphatic heterocycles. The van der Waals surface area contributed by atoms with Crippen LogP contribution in [0.2, 0.25) is 0 Å². The van der Waals surface area contributed by atoms with Crippen molar-refractivity contribution in [3.8, 4) is 5.75 Å². The van der Waals surface area contributed by atoms with E-state index in [-0.39, 0.29) is 18.0 Å². The van der Waals surface area contributed by atoms with Gasteiger partial charge in [0, 0.05) is 54.3 Å². The fourth-order valence-corrected chi connectivity index (χ4v) is 3.70. The van der Waals surface area contributed by atoms with Gasteiger partial charge in [-0.05, 0) is 49.6 Å². The number of rotatable bonds is 4. The van der Waals surface area contributed by atoms with Crippen molar-refractivity contribution in [1.29, 1.82) is 10.8 Å². The molecule has 1 fully saturated rings. The number of halogens is 1. The molecule has 6 N–H and O–H groups in total. The summed E-state index contributed by atoms with van der Waals surface area (Å²) >= 11 is 0. The molecule has 1 aromatic heterocycles. The molecular weight excluding hydrogens is 409 g/mol. The normalized spacial score (nSPS) is 22.3. The van der Waals surface area contributed by atoms with Crippen molar-refractivity contribution < 1.29 is 9.13 Å². The highest BCUT2D eigenvalue weighted by Crippen LogP contribution is 2.33. The highest BCUT2D eigenvalue weighted by Gasteiger charge is 2.27. The van der Waals surface area contributed by atoms with Crippen LogP contribution in [-0.4, -0.2) is 35.7 Å². The van der Waals surface area contributed by atoms with Crippen LogP contribution in [-0.2, 0) is 0 Å². The summed E-state index contributed by atoms with van der Waals surface area (Å²) in [6, 6.07) is 6.33. The molecule has 8 nitrogen and oxygen atoms in total. The number of pyridine rings is 1. The van der Waals surface area contributed by atoms with E-state index < -0.39 is 11.9 Å². The van der Waals surface area contributed by atoms with Crippen molar-refractivity contribution in [3.05, 3.63) is 58.5 Å². The Balaban J connectivity index is 1.95. The molecule has 32 heavy (non-hydrogen) atoms. The molecular formula is C23H26FN7O. The molecule has 0 unspecified atom stereocenters. The molecule has 0 radical (unpaired) electrons. The molecule has 2 heterocycles. The number of aromatic nitrogens is 1. The van der Waals surface area contributed by atoms with E-state index in [0.717, 1.165) is 24.1 Å². The van der Waals surface area contributed by atoms with E-state index >= 15 is 0 Å². The molecule has 0 amide bonds. The molecule has 2 bridgehead atoms. The highest BCUT2D eigenvalue weighted by molar-refractivity contribution is 6.48. The van der Waals surface area contributed by atoms with Crippen molar-refractivity contribution in [3.63, 3.8) is 0 Å². The van der Waals surface area contributed by atoms with Gasteiger partial charge in [0.15, 0.2) is 11.6 Å². The Kier molecular flexibility index (Phi) is 5.89. The number of hydrogen-bond donors (Lipinski definition) is 5. The van der Waals surface area contributed by atoms with Crippen LogP contribution in [0.25, 0.3) is 5.70 Å². The second-order valence-electron chi connectivity index (χ2n) is 7.90. The average Bonchev–Trinajstić information content (AvgIpc) is 3.60. The van der Waals surface area contributed by atoms with Gasteiger partial charge in [0.05, 0.1) is 11.4 Å². The van der Waals surface area contributed by atoms with Crippen LogP contribution in [0.1, 0.15) is 49.0 Å². The summed E-state index contributed by atoms with van der Waals surface area (Å²) in [4.78, 5) is 4.30. The molecule has 1 aliphatic carbocycles. The van der Waals surface area contributed by atoms with Gasteiger partial charge in [0.2, 0.25) is 0 Å². The lowest BCUT2D eigenvalue weighted by molar-refractivity contribution is 0.227. The molecule has 4 rings (SSSR count). The number of hydrogen-bond acceptors (Lipinski definition) is 8. The molecule has 1 saturated carbocycles. The van der Waals surface area contributed by atoms with Crippen LogP contribution in [0.15, 0.2) is 41.1 Å². The van der Waals surface area contributed by atoms with Gasteiger partial charge in [-0.3, -0.25) is 5.41 Å². The number of nitrogens with zero attached hydrogens (tertiary/aromatic N) is 2. The van der Waals surface area contributed by atoms with Crippen LogP contribution in [0.5, 0.6) is 5.75 Å². The van der Waals surface area contributed by atoms with Crippen molar-refractivity contribution in [2.45, 2.75) is 38.3 Å².